The van der Waals surface area contributed by atoms with Crippen LogP contribution in [0.15, 0.2) is 83.3 Å². The first-order valence-electron chi connectivity index (χ1n) is 25.7. The molecule has 13 N–H and O–H groups in total. The highest BCUT2D eigenvalue weighted by molar-refractivity contribution is 5.91. The van der Waals surface area contributed by atoms with E-state index in [0.29, 0.717) is 5.56 Å². The van der Waals surface area contributed by atoms with Gasteiger partial charge in [-0.1, -0.05) is 6.07 Å². The molecule has 0 amide bonds. The molecule has 0 spiro atoms. The lowest BCUT2D eigenvalue weighted by Crippen LogP contribution is -2.64. The maximum atomic E-state index is 13.5. The monoisotopic (exact) mass is 1210 g/mol. The van der Waals surface area contributed by atoms with Crippen molar-refractivity contribution in [2.45, 2.75) is 92.4 Å². The summed E-state index contributed by atoms with van der Waals surface area (Å²) in [6, 6.07) is 13.3. The Balaban J connectivity index is 1.16. The minimum absolute atomic E-state index is 0.0230. The van der Waals surface area contributed by atoms with Crippen molar-refractivity contribution in [1.82, 2.24) is 0 Å². The second-order valence-corrected chi connectivity index (χ2v) is 19.3. The number of aliphatic carboxylic acids is 1. The van der Waals surface area contributed by atoms with Gasteiger partial charge in [-0.05, 0) is 59.7 Å². The first-order chi connectivity index (χ1) is 41.0. The van der Waals surface area contributed by atoms with Gasteiger partial charge >= 0.3 is 35.2 Å². The second kappa shape index (κ2) is 27.5. The van der Waals surface area contributed by atoms with Crippen LogP contribution in [-0.2, 0) is 52.3 Å². The Hall–Kier alpha value is -8.79. The number of methoxy groups -OCH3 is 3. The number of ether oxygens (including phenoxy) is 12. The summed E-state index contributed by atoms with van der Waals surface area (Å²) in [4.78, 5) is 49.7. The summed E-state index contributed by atoms with van der Waals surface area (Å²) < 4.78 is 73.8. The Bertz CT molecular complexity index is 3300. The van der Waals surface area contributed by atoms with Gasteiger partial charge < -0.3 is 123 Å². The summed E-state index contributed by atoms with van der Waals surface area (Å²) >= 11 is 0. The molecule has 4 aromatic carbocycles. The zero-order valence-electron chi connectivity index (χ0n) is 45.3. The first-order valence-corrected chi connectivity index (χ1v) is 25.7. The van der Waals surface area contributed by atoms with Crippen LogP contribution in [0.2, 0.25) is 0 Å². The van der Waals surface area contributed by atoms with E-state index in [2.05, 4.69) is 0 Å². The van der Waals surface area contributed by atoms with Gasteiger partial charge in [0.25, 0.3) is 0 Å². The Kier molecular flexibility index (Phi) is 20.2. The topological polar surface area (TPSA) is 453 Å². The van der Waals surface area contributed by atoms with Crippen LogP contribution < -0.4 is 23.7 Å². The number of esters is 3. The first kappa shape index (κ1) is 63.2. The smallest absolute Gasteiger partial charge is 0.402 e. The fraction of sp³-hybridized carbons (Fsp3) is 0.375. The number of carboxylic acids is 1. The third-order valence-corrected chi connectivity index (χ3v) is 13.4. The fourth-order valence-electron chi connectivity index (χ4n) is 8.94. The minimum Gasteiger partial charge on any atom is -0.507 e. The molecule has 3 saturated heterocycles. The normalized spacial score (nSPS) is 26.6. The van der Waals surface area contributed by atoms with E-state index in [1.807, 2.05) is 0 Å². The number of aromatic hydroxyl groups is 5. The maximum absolute atomic E-state index is 13.5. The molecule has 1 aromatic heterocycles. The number of carboxylic acid groups (broad SMARTS) is 1. The number of aliphatic hydroxyl groups excluding tert-OH is 7. The highest BCUT2D eigenvalue weighted by Gasteiger charge is 2.52. The predicted molar refractivity (Wildman–Crippen MR) is 284 cm³/mol. The molecule has 0 aliphatic carbocycles. The van der Waals surface area contributed by atoms with E-state index in [1.165, 1.54) is 69.9 Å². The van der Waals surface area contributed by atoms with Gasteiger partial charge in [0, 0.05) is 30.4 Å². The zero-order valence-corrected chi connectivity index (χ0v) is 45.3. The maximum Gasteiger partial charge on any atom is 0.402 e. The van der Waals surface area contributed by atoms with Crippen LogP contribution in [0.25, 0.3) is 34.4 Å². The number of phenolic OH excluding ortho intramolecular Hbond substituents is 5. The summed E-state index contributed by atoms with van der Waals surface area (Å²) in [7, 11) is 3.86. The summed E-state index contributed by atoms with van der Waals surface area (Å²) in [5.74, 6) is -8.60. The predicted octanol–water partition coefficient (Wildman–Crippen LogP) is 0.310. The van der Waals surface area contributed by atoms with Crippen LogP contribution in [-0.4, -0.2) is 217 Å². The number of aliphatic hydroxyl groups is 7. The van der Waals surface area contributed by atoms with E-state index < -0.39 is 165 Å². The van der Waals surface area contributed by atoms with Crippen LogP contribution in [0.1, 0.15) is 17.5 Å². The van der Waals surface area contributed by atoms with Crippen LogP contribution in [0, 0.1) is 0 Å². The standard InChI is InChI=1S/C56H58O30/c1-74-34-12-23(4-8-29(34)59)5-10-41(64)77-21-39-47(70)49(72)53(86-55-52(44(67)31(61)20-79-55)85-42(65)11-6-24-13-35(75-2)45(68)36(14-24)76-3)56(84-39)82-37-18-27-32(80-51(37)25-7-9-28(58)30(60)15-25)16-26(57)17-33(27)81-54-50(73)48(71)46(69)38(83-54)22-78-43(66)19-40(62)63/h4-18,31,38-39,44,46-50,52-56,61,67,69-73H,19-22H2,1-3H3,(H5-,57,58,59,60,62,63,64,65,68)/p+1/t31-,38?,39?,44+,46-,47-,48+,49?,50?,52?,53-,54-,55+,56-/m1/s1. The van der Waals surface area contributed by atoms with Gasteiger partial charge in [0.05, 0.1) is 39.6 Å². The van der Waals surface area contributed by atoms with Gasteiger partial charge in [-0.3, -0.25) is 9.59 Å². The van der Waals surface area contributed by atoms with Crippen molar-refractivity contribution in [2.75, 3.05) is 41.2 Å². The molecule has 5 aromatic rings. The van der Waals surface area contributed by atoms with Crippen LogP contribution in [0.3, 0.4) is 0 Å². The Labute approximate surface area is 485 Å². The molecule has 0 saturated carbocycles. The average Bonchev–Trinajstić information content (AvgIpc) is 3.56. The molecule has 462 valence electrons. The second-order valence-electron chi connectivity index (χ2n) is 19.3. The van der Waals surface area contributed by atoms with Crippen molar-refractivity contribution in [3.63, 3.8) is 0 Å². The molecule has 30 nitrogen and oxygen atoms in total. The lowest BCUT2D eigenvalue weighted by Gasteiger charge is -2.45. The van der Waals surface area contributed by atoms with Gasteiger partial charge in [0.2, 0.25) is 24.1 Å². The van der Waals surface area contributed by atoms with E-state index >= 15 is 0 Å². The molecule has 14 atom stereocenters. The number of hydrogen-bond donors (Lipinski definition) is 13. The van der Waals surface area contributed by atoms with Gasteiger partial charge in [0.15, 0.2) is 53.0 Å². The fourth-order valence-corrected chi connectivity index (χ4v) is 8.94. The Morgan fingerprint density at radius 2 is 1.20 bits per heavy atom. The van der Waals surface area contributed by atoms with Crippen molar-refractivity contribution in [1.29, 1.82) is 0 Å². The Morgan fingerprint density at radius 3 is 1.87 bits per heavy atom. The molecule has 0 radical (unpaired) electrons. The van der Waals surface area contributed by atoms with Gasteiger partial charge in [-0.2, -0.15) is 0 Å². The number of carbonyl (C=O) groups excluding carboxylic acids is 3. The lowest BCUT2D eigenvalue weighted by atomic mass is 9.98. The number of carbonyl (C=O) groups is 4. The highest BCUT2D eigenvalue weighted by Crippen LogP contribution is 2.44. The van der Waals surface area contributed by atoms with E-state index in [4.69, 9.17) is 66.4 Å². The number of hydrogen-bond acceptors (Lipinski definition) is 28. The van der Waals surface area contributed by atoms with Crippen LogP contribution in [0.5, 0.6) is 57.5 Å². The van der Waals surface area contributed by atoms with E-state index in [-0.39, 0.29) is 56.6 Å². The SMILES string of the molecule is COc1cc(/C=C/C(=O)OCC2O[C@@H](Oc3cc4c(O[C@@H]5OC(COC(=O)CC(=O)O)[C@@H](O)[C@H](O)C5O)cc(O)cc4[o+]c3-c3ccc(O)c(O)c3)[C@H](O[C@@H]3OC[C@@H](O)[C@H](O)C3OC(=O)/C=C/c3cc(OC)c(O)c(OC)c3)C(O)[C@@H]2O)ccc1O. The molecule has 3 fully saturated rings. The molecule has 8 rings (SSSR count). The molecule has 3 aliphatic rings. The largest absolute Gasteiger partial charge is 0.507 e. The number of fused-ring (bicyclic) bond motifs is 1. The van der Waals surface area contributed by atoms with Gasteiger partial charge in [0.1, 0.15) is 91.5 Å². The lowest BCUT2D eigenvalue weighted by molar-refractivity contribution is -0.345. The molecule has 4 heterocycles. The third kappa shape index (κ3) is 14.6. The summed E-state index contributed by atoms with van der Waals surface area (Å²) in [6.45, 7) is -2.35. The van der Waals surface area contributed by atoms with E-state index in [1.54, 1.807) is 0 Å². The van der Waals surface area contributed by atoms with E-state index in [9.17, 15) is 80.5 Å². The van der Waals surface area contributed by atoms with Crippen LogP contribution >= 0.6 is 0 Å². The van der Waals surface area contributed by atoms with Crippen molar-refractivity contribution in [3.8, 4) is 68.8 Å². The van der Waals surface area contributed by atoms with Gasteiger partial charge in [-0.15, -0.1) is 0 Å². The molecule has 86 heavy (non-hydrogen) atoms. The average molecular weight is 1210 g/mol. The molecular weight excluding hydrogens is 1150 g/mol. The van der Waals surface area contributed by atoms with Crippen molar-refractivity contribution >= 4 is 47.0 Å². The molecular formula is C56H59O30+. The number of rotatable bonds is 21. The summed E-state index contributed by atoms with van der Waals surface area (Å²) in [5.41, 5.74) is 0.286. The summed E-state index contributed by atoms with van der Waals surface area (Å²) in [6.07, 6.45) is -24.0. The quantitative estimate of drug-likeness (QED) is 0.0117. The molecule has 0 bridgehead atoms. The van der Waals surface area contributed by atoms with E-state index in [0.717, 1.165) is 42.5 Å². The third-order valence-electron chi connectivity index (χ3n) is 13.4. The molecule has 30 heteroatoms. The van der Waals surface area contributed by atoms with Crippen molar-refractivity contribution in [2.24, 2.45) is 0 Å². The number of benzene rings is 4. The van der Waals surface area contributed by atoms with Gasteiger partial charge in [-0.25, -0.2) is 14.0 Å². The minimum atomic E-state index is -2.18. The molecule has 5 unspecified atom stereocenters. The Morgan fingerprint density at radius 1 is 0.581 bits per heavy atom. The number of phenols is 5. The summed E-state index contributed by atoms with van der Waals surface area (Å²) in [5, 5.41) is 139. The van der Waals surface area contributed by atoms with Crippen molar-refractivity contribution in [3.05, 3.63) is 90.0 Å². The zero-order chi connectivity index (χ0) is 62.3. The van der Waals surface area contributed by atoms with Crippen molar-refractivity contribution < 1.29 is 147 Å². The highest BCUT2D eigenvalue weighted by atomic mass is 16.8. The van der Waals surface area contributed by atoms with Crippen LogP contribution in [0.4, 0.5) is 0 Å². The molecule has 3 aliphatic heterocycles.